The Morgan fingerprint density at radius 3 is 2.75 bits per heavy atom. The molecule has 0 saturated heterocycles. The van der Waals surface area contributed by atoms with Gasteiger partial charge in [0, 0.05) is 6.54 Å². The van der Waals surface area contributed by atoms with Crippen LogP contribution in [-0.2, 0) is 16.6 Å². The van der Waals surface area contributed by atoms with Crippen LogP contribution in [0, 0.1) is 6.92 Å². The molecule has 0 atom stereocenters. The highest BCUT2D eigenvalue weighted by Gasteiger charge is 2.20. The minimum atomic E-state index is -3.71. The van der Waals surface area contributed by atoms with Crippen molar-refractivity contribution >= 4 is 15.7 Å². The summed E-state index contributed by atoms with van der Waals surface area (Å²) in [6.07, 6.45) is 1.26. The molecule has 0 unspecified atom stereocenters. The summed E-state index contributed by atoms with van der Waals surface area (Å²) < 4.78 is 32.2. The van der Waals surface area contributed by atoms with Gasteiger partial charge in [0.2, 0.25) is 0 Å². The van der Waals surface area contributed by atoms with Gasteiger partial charge in [0.05, 0.1) is 24.7 Å². The summed E-state index contributed by atoms with van der Waals surface area (Å²) >= 11 is 0. The van der Waals surface area contributed by atoms with Gasteiger partial charge in [0.25, 0.3) is 10.0 Å². The quantitative estimate of drug-likeness (QED) is 0.762. The summed E-state index contributed by atoms with van der Waals surface area (Å²) in [5.41, 5.74) is 7.21. The molecule has 0 aliphatic heterocycles. The molecule has 0 radical (unpaired) electrons. The van der Waals surface area contributed by atoms with Crippen molar-refractivity contribution in [2.45, 2.75) is 18.4 Å². The van der Waals surface area contributed by atoms with Crippen molar-refractivity contribution in [2.75, 3.05) is 11.8 Å². The Kier molecular flexibility index (Phi) is 3.96. The van der Waals surface area contributed by atoms with Crippen LogP contribution in [0.5, 0.6) is 5.75 Å². The molecule has 0 aliphatic rings. The monoisotopic (exact) mass is 296 g/mol. The number of hydrogen-bond acceptors (Lipinski definition) is 5. The second-order valence-electron chi connectivity index (χ2n) is 4.20. The van der Waals surface area contributed by atoms with Crippen LogP contribution < -0.4 is 15.2 Å². The van der Waals surface area contributed by atoms with Crippen LogP contribution in [0.15, 0.2) is 29.3 Å². The summed E-state index contributed by atoms with van der Waals surface area (Å²) in [5.74, 6) is 0.415. The minimum Gasteiger partial charge on any atom is -0.495 e. The summed E-state index contributed by atoms with van der Waals surface area (Å²) in [6.45, 7) is 1.99. The SMILES string of the molecule is COc1cc(CN)ccc1NS(=O)(=O)c1cn[nH]c1C. The number of aromatic nitrogens is 2. The molecule has 108 valence electrons. The van der Waals surface area contributed by atoms with Crippen molar-refractivity contribution in [3.05, 3.63) is 35.7 Å². The van der Waals surface area contributed by atoms with Gasteiger partial charge in [0.1, 0.15) is 10.6 Å². The van der Waals surface area contributed by atoms with Gasteiger partial charge in [-0.3, -0.25) is 9.82 Å². The average molecular weight is 296 g/mol. The van der Waals surface area contributed by atoms with Gasteiger partial charge in [-0.15, -0.1) is 0 Å². The maximum absolute atomic E-state index is 12.3. The van der Waals surface area contributed by atoms with E-state index in [4.69, 9.17) is 10.5 Å². The summed E-state index contributed by atoms with van der Waals surface area (Å²) in [7, 11) is -2.24. The van der Waals surface area contributed by atoms with Crippen LogP contribution in [0.2, 0.25) is 0 Å². The largest absolute Gasteiger partial charge is 0.495 e. The molecule has 1 aromatic heterocycles. The molecule has 1 aromatic carbocycles. The Morgan fingerprint density at radius 1 is 1.45 bits per heavy atom. The molecule has 2 aromatic rings. The van der Waals surface area contributed by atoms with Crippen molar-refractivity contribution < 1.29 is 13.2 Å². The fourth-order valence-corrected chi connectivity index (χ4v) is 2.97. The normalized spacial score (nSPS) is 11.3. The van der Waals surface area contributed by atoms with Gasteiger partial charge in [-0.05, 0) is 24.6 Å². The lowest BCUT2D eigenvalue weighted by Gasteiger charge is -2.12. The second-order valence-corrected chi connectivity index (χ2v) is 5.85. The van der Waals surface area contributed by atoms with E-state index < -0.39 is 10.0 Å². The number of anilines is 1. The highest BCUT2D eigenvalue weighted by Crippen LogP contribution is 2.28. The highest BCUT2D eigenvalue weighted by atomic mass is 32.2. The van der Waals surface area contributed by atoms with Crippen LogP contribution in [0.4, 0.5) is 5.69 Å². The smallest absolute Gasteiger partial charge is 0.265 e. The number of benzene rings is 1. The molecule has 1 heterocycles. The molecule has 7 nitrogen and oxygen atoms in total. The fraction of sp³-hybridized carbons (Fsp3) is 0.250. The minimum absolute atomic E-state index is 0.0995. The maximum atomic E-state index is 12.3. The molecule has 0 fully saturated rings. The van der Waals surface area contributed by atoms with Crippen LogP contribution in [-0.4, -0.2) is 25.7 Å². The lowest BCUT2D eigenvalue weighted by molar-refractivity contribution is 0.416. The van der Waals surface area contributed by atoms with E-state index in [0.717, 1.165) is 5.56 Å². The molecule has 0 spiro atoms. The topological polar surface area (TPSA) is 110 Å². The van der Waals surface area contributed by atoms with E-state index in [-0.39, 0.29) is 4.90 Å². The van der Waals surface area contributed by atoms with Crippen LogP contribution in [0.25, 0.3) is 0 Å². The van der Waals surface area contributed by atoms with Gasteiger partial charge in [-0.1, -0.05) is 6.07 Å². The molecule has 4 N–H and O–H groups in total. The lowest BCUT2D eigenvalue weighted by atomic mass is 10.2. The maximum Gasteiger partial charge on any atom is 0.265 e. The van der Waals surface area contributed by atoms with Gasteiger partial charge in [-0.25, -0.2) is 8.42 Å². The first-order chi connectivity index (χ1) is 9.47. The molecule has 0 bridgehead atoms. The Morgan fingerprint density at radius 2 is 2.20 bits per heavy atom. The van der Waals surface area contributed by atoms with Gasteiger partial charge in [0.15, 0.2) is 0 Å². The zero-order chi connectivity index (χ0) is 14.8. The number of nitrogens with one attached hydrogen (secondary N) is 2. The molecule has 0 aliphatic carbocycles. The van der Waals surface area contributed by atoms with Crippen molar-refractivity contribution in [1.82, 2.24) is 10.2 Å². The highest BCUT2D eigenvalue weighted by molar-refractivity contribution is 7.92. The van der Waals surface area contributed by atoms with E-state index in [1.165, 1.54) is 13.3 Å². The molecule has 0 saturated carbocycles. The number of nitrogens with two attached hydrogens (primary N) is 1. The third kappa shape index (κ3) is 2.75. The van der Waals surface area contributed by atoms with Crippen LogP contribution in [0.3, 0.4) is 0 Å². The predicted octanol–water partition coefficient (Wildman–Crippen LogP) is 0.986. The molecule has 8 heteroatoms. The van der Waals surface area contributed by atoms with Crippen LogP contribution in [0.1, 0.15) is 11.3 Å². The Balaban J connectivity index is 2.37. The van der Waals surface area contributed by atoms with E-state index in [0.29, 0.717) is 23.7 Å². The summed E-state index contributed by atoms with van der Waals surface area (Å²) in [6, 6.07) is 5.05. The average Bonchev–Trinajstić information content (AvgIpc) is 2.86. The van der Waals surface area contributed by atoms with E-state index in [9.17, 15) is 8.42 Å². The number of hydrogen-bond donors (Lipinski definition) is 3. The summed E-state index contributed by atoms with van der Waals surface area (Å²) in [5, 5.41) is 6.30. The molecule has 2 rings (SSSR count). The van der Waals surface area contributed by atoms with Gasteiger partial charge in [-0.2, -0.15) is 5.10 Å². The Labute approximate surface area is 117 Å². The van der Waals surface area contributed by atoms with Crippen molar-refractivity contribution in [3.63, 3.8) is 0 Å². The van der Waals surface area contributed by atoms with E-state index >= 15 is 0 Å². The van der Waals surface area contributed by atoms with Crippen molar-refractivity contribution in [2.24, 2.45) is 5.73 Å². The standard InChI is InChI=1S/C12H16N4O3S/c1-8-12(7-14-15-8)20(17,18)16-10-4-3-9(6-13)5-11(10)19-2/h3-5,7,16H,6,13H2,1-2H3,(H,14,15). The van der Waals surface area contributed by atoms with E-state index in [1.807, 2.05) is 0 Å². The number of aromatic amines is 1. The Bertz CT molecular complexity index is 709. The van der Waals surface area contributed by atoms with Crippen molar-refractivity contribution in [3.8, 4) is 5.75 Å². The fourth-order valence-electron chi connectivity index (χ4n) is 1.76. The number of aryl methyl sites for hydroxylation is 1. The predicted molar refractivity (Wildman–Crippen MR) is 75.0 cm³/mol. The number of sulfonamides is 1. The summed E-state index contributed by atoms with van der Waals surface area (Å²) in [4.78, 5) is 0.0995. The first-order valence-electron chi connectivity index (χ1n) is 5.87. The molecule has 0 amide bonds. The number of ether oxygens (including phenoxy) is 1. The van der Waals surface area contributed by atoms with Crippen LogP contribution >= 0.6 is 0 Å². The van der Waals surface area contributed by atoms with Crippen molar-refractivity contribution in [1.29, 1.82) is 0 Å². The number of rotatable bonds is 5. The molecular formula is C12H16N4O3S. The second kappa shape index (κ2) is 5.51. The Hall–Kier alpha value is -2.06. The van der Waals surface area contributed by atoms with E-state index in [2.05, 4.69) is 14.9 Å². The molecular weight excluding hydrogens is 280 g/mol. The van der Waals surface area contributed by atoms with Gasteiger partial charge >= 0.3 is 0 Å². The number of H-pyrrole nitrogens is 1. The van der Waals surface area contributed by atoms with Gasteiger partial charge < -0.3 is 10.5 Å². The number of nitrogens with zero attached hydrogens (tertiary/aromatic N) is 1. The first-order valence-corrected chi connectivity index (χ1v) is 7.36. The zero-order valence-corrected chi connectivity index (χ0v) is 12.0. The third-order valence-electron chi connectivity index (χ3n) is 2.82. The zero-order valence-electron chi connectivity index (χ0n) is 11.2. The lowest BCUT2D eigenvalue weighted by Crippen LogP contribution is -2.14. The first kappa shape index (κ1) is 14.4. The van der Waals surface area contributed by atoms with E-state index in [1.54, 1.807) is 25.1 Å². The number of methoxy groups -OCH3 is 1. The molecule has 20 heavy (non-hydrogen) atoms. The third-order valence-corrected chi connectivity index (χ3v) is 4.30.